The van der Waals surface area contributed by atoms with Crippen LogP contribution >= 0.6 is 0 Å². The first-order valence-electron chi connectivity index (χ1n) is 8.28. The zero-order valence-corrected chi connectivity index (χ0v) is 13.5. The fourth-order valence-electron chi connectivity index (χ4n) is 3.09. The van der Waals surface area contributed by atoms with Gasteiger partial charge in [0.2, 0.25) is 0 Å². The highest BCUT2D eigenvalue weighted by atomic mass is 16.5. The van der Waals surface area contributed by atoms with Gasteiger partial charge in [0.05, 0.1) is 7.11 Å². The average molecular weight is 312 g/mol. The van der Waals surface area contributed by atoms with E-state index in [0.717, 1.165) is 32.5 Å². The molecule has 1 saturated carbocycles. The van der Waals surface area contributed by atoms with Crippen molar-refractivity contribution >= 4 is 12.1 Å². The number of rotatable bonds is 4. The zero-order valence-electron chi connectivity index (χ0n) is 13.5. The Morgan fingerprint density at radius 1 is 1.09 bits per heavy atom. The minimum Gasteiger partial charge on any atom is -0.453 e. The van der Waals surface area contributed by atoms with Crippen molar-refractivity contribution in [3.63, 3.8) is 0 Å². The van der Waals surface area contributed by atoms with Crippen molar-refractivity contribution in [2.45, 2.75) is 38.1 Å². The fraction of sp³-hybridized carbons (Fsp3) is 0.867. The number of nitrogens with zero attached hydrogens (tertiary/aromatic N) is 2. The second-order valence-corrected chi connectivity index (χ2v) is 6.03. The summed E-state index contributed by atoms with van der Waals surface area (Å²) in [5.41, 5.74) is 0. The van der Waals surface area contributed by atoms with Crippen LogP contribution in [0.2, 0.25) is 0 Å². The molecule has 0 radical (unpaired) electrons. The third-order valence-corrected chi connectivity index (χ3v) is 4.46. The third-order valence-electron chi connectivity index (χ3n) is 4.46. The number of methoxy groups -OCH3 is 1. The summed E-state index contributed by atoms with van der Waals surface area (Å²) in [6, 6.07) is 0.289. The molecule has 0 aromatic rings. The minimum absolute atomic E-state index is 0.0555. The molecule has 0 atom stereocenters. The smallest absolute Gasteiger partial charge is 0.409 e. The van der Waals surface area contributed by atoms with E-state index in [4.69, 9.17) is 4.74 Å². The van der Waals surface area contributed by atoms with Crippen LogP contribution < -0.4 is 10.6 Å². The van der Waals surface area contributed by atoms with E-state index >= 15 is 0 Å². The monoisotopic (exact) mass is 312 g/mol. The molecule has 2 rings (SSSR count). The van der Waals surface area contributed by atoms with Crippen LogP contribution in [0.25, 0.3) is 0 Å². The van der Waals surface area contributed by atoms with E-state index in [1.54, 1.807) is 4.90 Å². The number of nitrogens with one attached hydrogen (secondary N) is 2. The van der Waals surface area contributed by atoms with Crippen molar-refractivity contribution in [3.8, 4) is 0 Å². The number of amides is 3. The SMILES string of the molecule is COC(=O)N1CCN(CCNC(=O)NC2CCCCC2)CC1. The lowest BCUT2D eigenvalue weighted by molar-refractivity contribution is 0.0915. The molecule has 7 nitrogen and oxygen atoms in total. The van der Waals surface area contributed by atoms with E-state index in [0.29, 0.717) is 25.7 Å². The van der Waals surface area contributed by atoms with Gasteiger partial charge in [0.25, 0.3) is 0 Å². The van der Waals surface area contributed by atoms with Gasteiger partial charge in [-0.15, -0.1) is 0 Å². The summed E-state index contributed by atoms with van der Waals surface area (Å²) >= 11 is 0. The first-order chi connectivity index (χ1) is 10.7. The van der Waals surface area contributed by atoms with E-state index in [1.165, 1.54) is 26.4 Å². The van der Waals surface area contributed by atoms with Gasteiger partial charge >= 0.3 is 12.1 Å². The van der Waals surface area contributed by atoms with Crippen molar-refractivity contribution in [1.82, 2.24) is 20.4 Å². The van der Waals surface area contributed by atoms with Crippen LogP contribution in [0.15, 0.2) is 0 Å². The van der Waals surface area contributed by atoms with E-state index in [9.17, 15) is 9.59 Å². The summed E-state index contributed by atoms with van der Waals surface area (Å²) in [4.78, 5) is 27.2. The molecule has 7 heteroatoms. The lowest BCUT2D eigenvalue weighted by atomic mass is 9.96. The maximum Gasteiger partial charge on any atom is 0.409 e. The second kappa shape index (κ2) is 8.82. The van der Waals surface area contributed by atoms with Crippen LogP contribution in [0.4, 0.5) is 9.59 Å². The van der Waals surface area contributed by atoms with Gasteiger partial charge in [0.1, 0.15) is 0 Å². The molecule has 2 N–H and O–H groups in total. The van der Waals surface area contributed by atoms with Gasteiger partial charge in [-0.05, 0) is 12.8 Å². The van der Waals surface area contributed by atoms with Crippen molar-refractivity contribution in [2.75, 3.05) is 46.4 Å². The predicted octanol–water partition coefficient (Wildman–Crippen LogP) is 1.00. The van der Waals surface area contributed by atoms with Crippen molar-refractivity contribution < 1.29 is 14.3 Å². The van der Waals surface area contributed by atoms with E-state index < -0.39 is 0 Å². The van der Waals surface area contributed by atoms with Crippen LogP contribution in [0.3, 0.4) is 0 Å². The lowest BCUT2D eigenvalue weighted by Gasteiger charge is -2.33. The number of hydrogen-bond acceptors (Lipinski definition) is 4. The van der Waals surface area contributed by atoms with Gasteiger partial charge in [-0.3, -0.25) is 4.90 Å². The standard InChI is InChI=1S/C15H28N4O3/c1-22-15(21)19-11-9-18(10-12-19)8-7-16-14(20)17-13-5-3-2-4-6-13/h13H,2-12H2,1H3,(H2,16,17,20). The summed E-state index contributed by atoms with van der Waals surface area (Å²) < 4.78 is 4.71. The van der Waals surface area contributed by atoms with Crippen molar-refractivity contribution in [3.05, 3.63) is 0 Å². The Morgan fingerprint density at radius 3 is 2.41 bits per heavy atom. The largest absolute Gasteiger partial charge is 0.453 e. The number of carbonyl (C=O) groups excluding carboxylic acids is 2. The molecule has 0 aromatic carbocycles. The number of carbonyl (C=O) groups is 2. The first kappa shape index (κ1) is 16.9. The molecule has 1 saturated heterocycles. The Kier molecular flexibility index (Phi) is 6.76. The number of ether oxygens (including phenoxy) is 1. The zero-order chi connectivity index (χ0) is 15.8. The van der Waals surface area contributed by atoms with Crippen LogP contribution in [0.1, 0.15) is 32.1 Å². The number of hydrogen-bond donors (Lipinski definition) is 2. The Labute approximate surface area is 132 Å². The Hall–Kier alpha value is -1.50. The summed E-state index contributed by atoms with van der Waals surface area (Å²) in [6.07, 6.45) is 5.67. The second-order valence-electron chi connectivity index (χ2n) is 6.03. The maximum atomic E-state index is 11.8. The van der Waals surface area contributed by atoms with Crippen molar-refractivity contribution in [1.29, 1.82) is 0 Å². The minimum atomic E-state index is -0.260. The number of urea groups is 1. The molecule has 0 unspecified atom stereocenters. The molecule has 2 fully saturated rings. The van der Waals surface area contributed by atoms with E-state index in [2.05, 4.69) is 15.5 Å². The molecule has 1 heterocycles. The Bertz CT molecular complexity index is 364. The van der Waals surface area contributed by atoms with Crippen LogP contribution in [0.5, 0.6) is 0 Å². The summed E-state index contributed by atoms with van der Waals surface area (Å²) in [5.74, 6) is 0. The van der Waals surface area contributed by atoms with Gasteiger partial charge < -0.3 is 20.3 Å². The Morgan fingerprint density at radius 2 is 1.77 bits per heavy atom. The molecule has 0 bridgehead atoms. The number of piperazine rings is 1. The molecule has 2 aliphatic rings. The molecule has 3 amide bonds. The van der Waals surface area contributed by atoms with Gasteiger partial charge in [0.15, 0.2) is 0 Å². The van der Waals surface area contributed by atoms with Gasteiger partial charge in [0, 0.05) is 45.3 Å². The van der Waals surface area contributed by atoms with Gasteiger partial charge in [-0.2, -0.15) is 0 Å². The third kappa shape index (κ3) is 5.36. The van der Waals surface area contributed by atoms with E-state index in [1.807, 2.05) is 0 Å². The molecule has 0 spiro atoms. The molecule has 1 aliphatic carbocycles. The Balaban J connectivity index is 1.55. The molecule has 1 aliphatic heterocycles. The first-order valence-corrected chi connectivity index (χ1v) is 8.28. The molecular formula is C15H28N4O3. The van der Waals surface area contributed by atoms with Crippen LogP contribution in [-0.4, -0.2) is 74.3 Å². The normalized spacial score (nSPS) is 20.5. The van der Waals surface area contributed by atoms with Crippen LogP contribution in [0, 0.1) is 0 Å². The van der Waals surface area contributed by atoms with E-state index in [-0.39, 0.29) is 12.1 Å². The van der Waals surface area contributed by atoms with Gasteiger partial charge in [-0.25, -0.2) is 9.59 Å². The lowest BCUT2D eigenvalue weighted by Crippen LogP contribution is -2.51. The predicted molar refractivity (Wildman–Crippen MR) is 83.8 cm³/mol. The molecular weight excluding hydrogens is 284 g/mol. The summed E-state index contributed by atoms with van der Waals surface area (Å²) in [5, 5.41) is 5.97. The average Bonchev–Trinajstić information content (AvgIpc) is 2.55. The molecule has 0 aromatic heterocycles. The highest BCUT2D eigenvalue weighted by Crippen LogP contribution is 2.17. The molecule has 22 heavy (non-hydrogen) atoms. The van der Waals surface area contributed by atoms with Crippen LogP contribution in [-0.2, 0) is 4.74 Å². The quantitative estimate of drug-likeness (QED) is 0.812. The van der Waals surface area contributed by atoms with Gasteiger partial charge in [-0.1, -0.05) is 19.3 Å². The molecule has 126 valence electrons. The maximum absolute atomic E-state index is 11.8. The highest BCUT2D eigenvalue weighted by Gasteiger charge is 2.21. The topological polar surface area (TPSA) is 73.9 Å². The summed E-state index contributed by atoms with van der Waals surface area (Å²) in [7, 11) is 1.41. The van der Waals surface area contributed by atoms with Crippen molar-refractivity contribution in [2.24, 2.45) is 0 Å². The fourth-order valence-corrected chi connectivity index (χ4v) is 3.09. The highest BCUT2D eigenvalue weighted by molar-refractivity contribution is 5.74. The summed E-state index contributed by atoms with van der Waals surface area (Å²) in [6.45, 7) is 4.45.